The lowest BCUT2D eigenvalue weighted by atomic mass is 9.83. The fourth-order valence-corrected chi connectivity index (χ4v) is 5.62. The normalized spacial score (nSPS) is 12.6. The molecule has 44 heavy (non-hydrogen) atoms. The maximum Gasteiger partial charge on any atom is 0.128 e. The molecule has 0 radical (unpaired) electrons. The van der Waals surface area contributed by atoms with Crippen molar-refractivity contribution in [2.45, 2.75) is 105 Å². The van der Waals surface area contributed by atoms with Gasteiger partial charge in [0.1, 0.15) is 11.5 Å². The van der Waals surface area contributed by atoms with Crippen LogP contribution < -0.4 is 0 Å². The third-order valence-electron chi connectivity index (χ3n) is 8.20. The van der Waals surface area contributed by atoms with Gasteiger partial charge < -0.3 is 10.2 Å². The Hall–Kier alpha value is -3.92. The average Bonchev–Trinajstić information content (AvgIpc) is 2.97. The SMILES string of the molecule is CCCCc1cc(C=Nc2cccc3cccc(N=Cc4cc(CCCC)cc(C(C)(C)C)c4O)c23)c(O)c(C(C)(C)C)c1. The number of aryl methyl sites for hydroxylation is 2. The monoisotopic (exact) mass is 590 g/mol. The molecule has 0 amide bonds. The van der Waals surface area contributed by atoms with Gasteiger partial charge in [0, 0.05) is 40.1 Å². The van der Waals surface area contributed by atoms with Gasteiger partial charge in [0.05, 0.1) is 11.4 Å². The van der Waals surface area contributed by atoms with Crippen LogP contribution in [0, 0.1) is 0 Å². The zero-order chi connectivity index (χ0) is 32.1. The predicted octanol–water partition coefficient (Wildman–Crippen LogP) is 11.0. The molecule has 0 heterocycles. The predicted molar refractivity (Wildman–Crippen MR) is 189 cm³/mol. The summed E-state index contributed by atoms with van der Waals surface area (Å²) < 4.78 is 0. The number of hydrogen-bond acceptors (Lipinski definition) is 4. The van der Waals surface area contributed by atoms with Gasteiger partial charge >= 0.3 is 0 Å². The van der Waals surface area contributed by atoms with Crippen molar-refractivity contribution >= 4 is 34.6 Å². The molecule has 4 aromatic rings. The molecule has 0 fully saturated rings. The first-order valence-electron chi connectivity index (χ1n) is 16.2. The molecule has 0 spiro atoms. The molecular weight excluding hydrogens is 540 g/mol. The summed E-state index contributed by atoms with van der Waals surface area (Å²) in [6.07, 6.45) is 9.95. The molecule has 232 valence electrons. The number of aliphatic imine (C=N–C) groups is 2. The highest BCUT2D eigenvalue weighted by atomic mass is 16.3. The van der Waals surface area contributed by atoms with E-state index in [9.17, 15) is 10.2 Å². The second-order valence-corrected chi connectivity index (χ2v) is 14.0. The van der Waals surface area contributed by atoms with Gasteiger partial charge in [-0.3, -0.25) is 9.98 Å². The van der Waals surface area contributed by atoms with Crippen LogP contribution in [0.15, 0.2) is 70.6 Å². The van der Waals surface area contributed by atoms with Crippen molar-refractivity contribution < 1.29 is 10.2 Å². The van der Waals surface area contributed by atoms with E-state index in [1.54, 1.807) is 12.4 Å². The minimum Gasteiger partial charge on any atom is -0.507 e. The van der Waals surface area contributed by atoms with Crippen molar-refractivity contribution in [2.75, 3.05) is 0 Å². The highest BCUT2D eigenvalue weighted by molar-refractivity contribution is 6.04. The van der Waals surface area contributed by atoms with Gasteiger partial charge in [-0.15, -0.1) is 0 Å². The third-order valence-corrected chi connectivity index (χ3v) is 8.20. The minimum atomic E-state index is -0.192. The number of phenols is 2. The summed E-state index contributed by atoms with van der Waals surface area (Å²) >= 11 is 0. The van der Waals surface area contributed by atoms with Crippen LogP contribution in [-0.2, 0) is 23.7 Å². The molecule has 0 saturated carbocycles. The van der Waals surface area contributed by atoms with E-state index >= 15 is 0 Å². The zero-order valence-electron chi connectivity index (χ0n) is 28.0. The van der Waals surface area contributed by atoms with Gasteiger partial charge in [-0.05, 0) is 77.3 Å². The summed E-state index contributed by atoms with van der Waals surface area (Å²) in [5.41, 5.74) is 6.94. The summed E-state index contributed by atoms with van der Waals surface area (Å²) in [6, 6.07) is 20.5. The number of phenolic OH excluding ortho intramolecular Hbond substituents is 2. The van der Waals surface area contributed by atoms with Crippen LogP contribution >= 0.6 is 0 Å². The number of rotatable bonds is 10. The number of hydrogen-bond donors (Lipinski definition) is 2. The number of aromatic hydroxyl groups is 2. The van der Waals surface area contributed by atoms with Crippen molar-refractivity contribution in [1.29, 1.82) is 0 Å². The van der Waals surface area contributed by atoms with Gasteiger partial charge in [0.2, 0.25) is 0 Å². The van der Waals surface area contributed by atoms with E-state index in [4.69, 9.17) is 9.98 Å². The van der Waals surface area contributed by atoms with Crippen LogP contribution in [0.5, 0.6) is 11.5 Å². The number of fused-ring (bicyclic) bond motifs is 1. The fraction of sp³-hybridized carbons (Fsp3) is 0.400. The Bertz CT molecular complexity index is 1550. The van der Waals surface area contributed by atoms with E-state index in [0.717, 1.165) is 82.9 Å². The Labute approximate surface area is 264 Å². The summed E-state index contributed by atoms with van der Waals surface area (Å²) in [5, 5.41) is 24.5. The number of unbranched alkanes of at least 4 members (excludes halogenated alkanes) is 2. The Kier molecular flexibility index (Phi) is 10.3. The van der Waals surface area contributed by atoms with Gasteiger partial charge in [0.25, 0.3) is 0 Å². The highest BCUT2D eigenvalue weighted by Crippen LogP contribution is 2.38. The summed E-state index contributed by atoms with van der Waals surface area (Å²) in [4.78, 5) is 9.86. The molecule has 4 nitrogen and oxygen atoms in total. The Balaban J connectivity index is 1.80. The smallest absolute Gasteiger partial charge is 0.128 e. The first-order valence-corrected chi connectivity index (χ1v) is 16.2. The lowest BCUT2D eigenvalue weighted by Crippen LogP contribution is -2.13. The van der Waals surface area contributed by atoms with Crippen LogP contribution in [0.25, 0.3) is 10.8 Å². The largest absolute Gasteiger partial charge is 0.507 e. The zero-order valence-corrected chi connectivity index (χ0v) is 28.0. The Morgan fingerprint density at radius 2 is 1.02 bits per heavy atom. The quantitative estimate of drug-likeness (QED) is 0.180. The Morgan fingerprint density at radius 1 is 0.614 bits per heavy atom. The maximum absolute atomic E-state index is 11.3. The van der Waals surface area contributed by atoms with Gasteiger partial charge in [-0.25, -0.2) is 0 Å². The topological polar surface area (TPSA) is 65.2 Å². The summed E-state index contributed by atoms with van der Waals surface area (Å²) in [7, 11) is 0. The lowest BCUT2D eigenvalue weighted by molar-refractivity contribution is 0.444. The molecule has 4 rings (SSSR count). The number of nitrogens with zero attached hydrogens (tertiary/aromatic N) is 2. The van der Waals surface area contributed by atoms with Crippen molar-refractivity contribution in [2.24, 2.45) is 9.98 Å². The highest BCUT2D eigenvalue weighted by Gasteiger charge is 2.22. The van der Waals surface area contributed by atoms with Crippen LogP contribution in [0.1, 0.15) is 114 Å². The Morgan fingerprint density at radius 3 is 1.39 bits per heavy atom. The van der Waals surface area contributed by atoms with E-state index in [1.165, 1.54) is 11.1 Å². The van der Waals surface area contributed by atoms with Crippen molar-refractivity contribution in [1.82, 2.24) is 0 Å². The summed E-state index contributed by atoms with van der Waals surface area (Å²) in [6.45, 7) is 17.2. The van der Waals surface area contributed by atoms with Crippen molar-refractivity contribution in [3.63, 3.8) is 0 Å². The molecule has 0 aromatic heterocycles. The fourth-order valence-electron chi connectivity index (χ4n) is 5.62. The molecule has 4 heteroatoms. The van der Waals surface area contributed by atoms with Crippen molar-refractivity contribution in [3.8, 4) is 11.5 Å². The van der Waals surface area contributed by atoms with Gasteiger partial charge in [0.15, 0.2) is 0 Å². The van der Waals surface area contributed by atoms with Crippen molar-refractivity contribution in [3.05, 3.63) is 94.0 Å². The molecular formula is C40H50N2O2. The molecule has 0 bridgehead atoms. The van der Waals surface area contributed by atoms with Gasteiger partial charge in [-0.2, -0.15) is 0 Å². The maximum atomic E-state index is 11.3. The summed E-state index contributed by atoms with van der Waals surface area (Å²) in [5.74, 6) is 0.570. The van der Waals surface area contributed by atoms with Crippen LogP contribution in [0.2, 0.25) is 0 Å². The molecule has 0 atom stereocenters. The van der Waals surface area contributed by atoms with E-state index in [2.05, 4.69) is 91.8 Å². The van der Waals surface area contributed by atoms with Crippen LogP contribution in [0.3, 0.4) is 0 Å². The van der Waals surface area contributed by atoms with E-state index in [0.29, 0.717) is 0 Å². The van der Waals surface area contributed by atoms with Crippen LogP contribution in [0.4, 0.5) is 11.4 Å². The molecule has 0 unspecified atom stereocenters. The standard InChI is InChI=1S/C40H50N2O2/c1-9-11-15-27-21-30(37(43)32(23-27)39(3,4)5)25-41-34-19-13-17-29-18-14-20-35(36(29)34)42-26-31-22-28(16-12-10-2)24-33(38(31)44)40(6,7)8/h13-14,17-26,43-44H,9-12,15-16H2,1-8H3. The first-order chi connectivity index (χ1) is 20.8. The van der Waals surface area contributed by atoms with E-state index < -0.39 is 0 Å². The first kappa shape index (κ1) is 33.0. The molecule has 0 aliphatic heterocycles. The van der Waals surface area contributed by atoms with E-state index in [-0.39, 0.29) is 22.3 Å². The average molecular weight is 591 g/mol. The molecule has 4 aromatic carbocycles. The number of benzene rings is 4. The third kappa shape index (κ3) is 7.77. The second-order valence-electron chi connectivity index (χ2n) is 14.0. The van der Waals surface area contributed by atoms with Gasteiger partial charge in [-0.1, -0.05) is 105 Å². The molecule has 0 aliphatic rings. The molecule has 2 N–H and O–H groups in total. The molecule has 0 saturated heterocycles. The van der Waals surface area contributed by atoms with E-state index in [1.807, 2.05) is 24.3 Å². The molecule has 0 aliphatic carbocycles. The second kappa shape index (κ2) is 13.8. The minimum absolute atomic E-state index is 0.192. The lowest BCUT2D eigenvalue weighted by Gasteiger charge is -2.22. The van der Waals surface area contributed by atoms with Crippen LogP contribution in [-0.4, -0.2) is 22.6 Å².